The number of likely N-dealkylation sites (tertiary alicyclic amines) is 1. The molecule has 3 rings (SSSR count). The van der Waals surface area contributed by atoms with E-state index < -0.39 is 5.97 Å². The molecule has 1 heterocycles. The molecule has 1 aromatic rings. The molecule has 1 unspecified atom stereocenters. The number of piperidine rings is 1. The number of hydrogen-bond donors (Lipinski definition) is 2. The van der Waals surface area contributed by atoms with Gasteiger partial charge in [-0.1, -0.05) is 45.2 Å². The van der Waals surface area contributed by atoms with E-state index in [9.17, 15) is 14.4 Å². The van der Waals surface area contributed by atoms with E-state index >= 15 is 0 Å². The predicted octanol–water partition coefficient (Wildman–Crippen LogP) is 4.59. The van der Waals surface area contributed by atoms with Crippen molar-refractivity contribution in [2.45, 2.75) is 84.2 Å². The van der Waals surface area contributed by atoms with Crippen molar-refractivity contribution >= 4 is 17.8 Å². The van der Waals surface area contributed by atoms with E-state index in [4.69, 9.17) is 15.6 Å². The molecule has 0 spiro atoms. The van der Waals surface area contributed by atoms with Crippen molar-refractivity contribution in [3.8, 4) is 0 Å². The Morgan fingerprint density at radius 3 is 2.06 bits per heavy atom. The highest BCUT2D eigenvalue weighted by Gasteiger charge is 2.25. The van der Waals surface area contributed by atoms with E-state index in [-0.39, 0.29) is 23.8 Å². The lowest BCUT2D eigenvalue weighted by molar-refractivity contribution is -0.135. The standard InChI is InChI=1S/C23H33NO4.C4H9NO/c1-17(28-16-18-5-3-2-4-6-18)15-22(25)24-13-11-20(12-14-24)19-7-9-21(10-8-19)23(26)27;1-3(2)4(5)6/h7-10,17-18,20H,2-6,11-16H2,1H3,(H,26,27);3H,1-2H3,(H2,5,6). The van der Waals surface area contributed by atoms with Crippen molar-refractivity contribution in [3.63, 3.8) is 0 Å². The second kappa shape index (κ2) is 14.1. The van der Waals surface area contributed by atoms with Crippen LogP contribution in [-0.4, -0.2) is 53.6 Å². The monoisotopic (exact) mass is 474 g/mol. The molecule has 1 aromatic carbocycles. The van der Waals surface area contributed by atoms with Crippen molar-refractivity contribution in [3.05, 3.63) is 35.4 Å². The molecule has 1 saturated carbocycles. The molecule has 0 aromatic heterocycles. The zero-order chi connectivity index (χ0) is 25.1. The fourth-order valence-electron chi connectivity index (χ4n) is 4.45. The Morgan fingerprint density at radius 1 is 1.00 bits per heavy atom. The predicted molar refractivity (Wildman–Crippen MR) is 133 cm³/mol. The first-order chi connectivity index (χ1) is 16.2. The van der Waals surface area contributed by atoms with Gasteiger partial charge in [0, 0.05) is 25.6 Å². The summed E-state index contributed by atoms with van der Waals surface area (Å²) in [6.07, 6.45) is 8.81. The number of primary amides is 1. The van der Waals surface area contributed by atoms with Gasteiger partial charge in [0.15, 0.2) is 0 Å². The van der Waals surface area contributed by atoms with Crippen LogP contribution in [0, 0.1) is 11.8 Å². The van der Waals surface area contributed by atoms with Crippen molar-refractivity contribution < 1.29 is 24.2 Å². The molecule has 7 nitrogen and oxygen atoms in total. The average molecular weight is 475 g/mol. The highest BCUT2D eigenvalue weighted by molar-refractivity contribution is 5.87. The van der Waals surface area contributed by atoms with E-state index in [0.29, 0.717) is 23.8 Å². The molecule has 1 aliphatic carbocycles. The van der Waals surface area contributed by atoms with Crippen molar-refractivity contribution in [2.24, 2.45) is 17.6 Å². The second-order valence-electron chi connectivity index (χ2n) is 9.99. The molecule has 0 bridgehead atoms. The number of carboxylic acids is 1. The second-order valence-corrected chi connectivity index (χ2v) is 9.99. The summed E-state index contributed by atoms with van der Waals surface area (Å²) in [6.45, 7) is 7.87. The van der Waals surface area contributed by atoms with Crippen molar-refractivity contribution in [2.75, 3.05) is 19.7 Å². The third-order valence-electron chi connectivity index (χ3n) is 6.85. The number of carbonyl (C=O) groups excluding carboxylic acids is 2. The van der Waals surface area contributed by atoms with E-state index in [1.807, 2.05) is 24.0 Å². The van der Waals surface area contributed by atoms with Crippen LogP contribution in [0.3, 0.4) is 0 Å². The molecular formula is C27H42N2O5. The summed E-state index contributed by atoms with van der Waals surface area (Å²) in [5, 5.41) is 9.01. The Kier molecular flexibility index (Phi) is 11.5. The first-order valence-electron chi connectivity index (χ1n) is 12.7. The number of nitrogens with zero attached hydrogens (tertiary/aromatic N) is 1. The van der Waals surface area contributed by atoms with E-state index in [1.165, 1.54) is 37.7 Å². The summed E-state index contributed by atoms with van der Waals surface area (Å²) in [5.41, 5.74) is 6.28. The zero-order valence-electron chi connectivity index (χ0n) is 21.0. The SMILES string of the molecule is CC(C)C(N)=O.CC(CC(=O)N1CCC(c2ccc(C(=O)O)cc2)CC1)OCC1CCCCC1. The van der Waals surface area contributed by atoms with Gasteiger partial charge < -0.3 is 20.5 Å². The first kappa shape index (κ1) is 27.8. The minimum absolute atomic E-state index is 0.00926. The van der Waals surface area contributed by atoms with Crippen LogP contribution in [-0.2, 0) is 14.3 Å². The molecule has 2 amide bonds. The molecule has 2 fully saturated rings. The first-order valence-corrected chi connectivity index (χ1v) is 12.7. The number of rotatable bonds is 8. The summed E-state index contributed by atoms with van der Waals surface area (Å²) in [7, 11) is 0. The van der Waals surface area contributed by atoms with Crippen molar-refractivity contribution in [1.29, 1.82) is 0 Å². The van der Waals surface area contributed by atoms with Crippen LogP contribution in [0.1, 0.15) is 94.0 Å². The molecule has 2 aliphatic rings. The van der Waals surface area contributed by atoms with Crippen LogP contribution in [0.4, 0.5) is 0 Å². The fourth-order valence-corrected chi connectivity index (χ4v) is 4.45. The van der Waals surface area contributed by atoms with Crippen molar-refractivity contribution in [1.82, 2.24) is 4.90 Å². The van der Waals surface area contributed by atoms with Gasteiger partial charge in [-0.05, 0) is 62.1 Å². The van der Waals surface area contributed by atoms with Gasteiger partial charge in [0.05, 0.1) is 18.1 Å². The maximum Gasteiger partial charge on any atom is 0.335 e. The summed E-state index contributed by atoms with van der Waals surface area (Å²) < 4.78 is 5.97. The minimum Gasteiger partial charge on any atom is -0.478 e. The summed E-state index contributed by atoms with van der Waals surface area (Å²) >= 11 is 0. The Bertz CT molecular complexity index is 779. The van der Waals surface area contributed by atoms with Gasteiger partial charge in [0.2, 0.25) is 11.8 Å². The molecule has 0 radical (unpaired) electrons. The average Bonchev–Trinajstić information content (AvgIpc) is 2.84. The maximum atomic E-state index is 12.6. The lowest BCUT2D eigenvalue weighted by Gasteiger charge is -2.33. The van der Waals surface area contributed by atoms with Crippen LogP contribution in [0.5, 0.6) is 0 Å². The van der Waals surface area contributed by atoms with Gasteiger partial charge in [-0.3, -0.25) is 9.59 Å². The Labute approximate surface area is 204 Å². The molecule has 190 valence electrons. The van der Waals surface area contributed by atoms with Crippen LogP contribution in [0.2, 0.25) is 0 Å². The molecule has 3 N–H and O–H groups in total. The molecule has 1 saturated heterocycles. The normalized spacial score (nSPS) is 18.2. The lowest BCUT2D eigenvalue weighted by atomic mass is 9.89. The maximum absolute atomic E-state index is 12.6. The Balaban J connectivity index is 0.000000604. The van der Waals surface area contributed by atoms with Gasteiger partial charge in [-0.25, -0.2) is 4.79 Å². The minimum atomic E-state index is -0.896. The smallest absolute Gasteiger partial charge is 0.335 e. The molecular weight excluding hydrogens is 432 g/mol. The Morgan fingerprint density at radius 2 is 1.56 bits per heavy atom. The van der Waals surface area contributed by atoms with Gasteiger partial charge in [-0.15, -0.1) is 0 Å². The van der Waals surface area contributed by atoms with Gasteiger partial charge in [0.25, 0.3) is 0 Å². The van der Waals surface area contributed by atoms with E-state index in [2.05, 4.69) is 0 Å². The molecule has 1 aliphatic heterocycles. The summed E-state index contributed by atoms with van der Waals surface area (Å²) in [4.78, 5) is 35.5. The Hall–Kier alpha value is -2.41. The van der Waals surface area contributed by atoms with Crippen LogP contribution < -0.4 is 5.73 Å². The van der Waals surface area contributed by atoms with Gasteiger partial charge in [0.1, 0.15) is 0 Å². The summed E-state index contributed by atoms with van der Waals surface area (Å²) in [5.74, 6) is 0.115. The fraction of sp³-hybridized carbons (Fsp3) is 0.667. The van der Waals surface area contributed by atoms with Gasteiger partial charge in [-0.2, -0.15) is 0 Å². The zero-order valence-corrected chi connectivity index (χ0v) is 21.0. The molecule has 34 heavy (non-hydrogen) atoms. The number of nitrogens with two attached hydrogens (primary N) is 1. The summed E-state index contributed by atoms with van der Waals surface area (Å²) in [6, 6.07) is 7.15. The molecule has 7 heteroatoms. The third kappa shape index (κ3) is 9.45. The third-order valence-corrected chi connectivity index (χ3v) is 6.85. The van der Waals surface area contributed by atoms with E-state index in [1.54, 1.807) is 26.0 Å². The number of ether oxygens (including phenoxy) is 1. The number of aromatic carboxylic acids is 1. The number of carbonyl (C=O) groups is 3. The number of carboxylic acid groups (broad SMARTS) is 1. The quantitative estimate of drug-likeness (QED) is 0.572. The van der Waals surface area contributed by atoms with E-state index in [0.717, 1.165) is 32.5 Å². The highest BCUT2D eigenvalue weighted by atomic mass is 16.5. The van der Waals surface area contributed by atoms with Crippen LogP contribution in [0.25, 0.3) is 0 Å². The van der Waals surface area contributed by atoms with Crippen LogP contribution >= 0.6 is 0 Å². The highest BCUT2D eigenvalue weighted by Crippen LogP contribution is 2.29. The number of benzene rings is 1. The number of amides is 2. The largest absolute Gasteiger partial charge is 0.478 e. The van der Waals surface area contributed by atoms with Crippen LogP contribution in [0.15, 0.2) is 24.3 Å². The number of hydrogen-bond acceptors (Lipinski definition) is 4. The lowest BCUT2D eigenvalue weighted by Crippen LogP contribution is -2.39. The molecule has 1 atom stereocenters. The van der Waals surface area contributed by atoms with Gasteiger partial charge >= 0.3 is 5.97 Å². The topological polar surface area (TPSA) is 110 Å².